The number of hydrogen-bond donors (Lipinski definition) is 1. The summed E-state index contributed by atoms with van der Waals surface area (Å²) >= 11 is 6.13. The van der Waals surface area contributed by atoms with Gasteiger partial charge >= 0.3 is 0 Å². The van der Waals surface area contributed by atoms with E-state index in [0.717, 1.165) is 24.3 Å². The fourth-order valence-electron chi connectivity index (χ4n) is 2.43. The molecule has 2 aromatic carbocycles. The van der Waals surface area contributed by atoms with Crippen molar-refractivity contribution in [1.82, 2.24) is 5.43 Å². The summed E-state index contributed by atoms with van der Waals surface area (Å²) < 4.78 is 0. The molecule has 0 aliphatic rings. The number of amides is 1. The molecule has 1 N–H and O–H groups in total. The molecule has 0 unspecified atom stereocenters. The van der Waals surface area contributed by atoms with Crippen molar-refractivity contribution in [3.8, 4) is 0 Å². The highest BCUT2D eigenvalue weighted by molar-refractivity contribution is 6.34. The first-order valence-corrected chi connectivity index (χ1v) is 8.39. The maximum Gasteiger partial charge on any atom is 0.271 e. The highest BCUT2D eigenvalue weighted by atomic mass is 35.5. The van der Waals surface area contributed by atoms with E-state index in [-0.39, 0.29) is 5.91 Å². The molecule has 0 aromatic heterocycles. The first-order chi connectivity index (χ1) is 11.6. The molecule has 0 bridgehead atoms. The summed E-state index contributed by atoms with van der Waals surface area (Å²) in [6.07, 6.45) is 0. The first-order valence-electron chi connectivity index (χ1n) is 8.01. The Morgan fingerprint density at radius 1 is 1.08 bits per heavy atom. The Kier molecular flexibility index (Phi) is 6.38. The van der Waals surface area contributed by atoms with Crippen LogP contribution in [0.25, 0.3) is 0 Å². The lowest BCUT2D eigenvalue weighted by Gasteiger charge is -2.20. The molecule has 0 saturated carbocycles. The lowest BCUT2D eigenvalue weighted by molar-refractivity contribution is 0.0955. The van der Waals surface area contributed by atoms with Gasteiger partial charge in [-0.3, -0.25) is 4.79 Å². The van der Waals surface area contributed by atoms with Gasteiger partial charge in [-0.25, -0.2) is 5.43 Å². The first kappa shape index (κ1) is 18.0. The normalized spacial score (nSPS) is 11.2. The Morgan fingerprint density at radius 3 is 2.29 bits per heavy atom. The minimum absolute atomic E-state index is 0.243. The van der Waals surface area contributed by atoms with E-state index in [1.165, 1.54) is 0 Å². The molecule has 0 aliphatic carbocycles. The maximum atomic E-state index is 12.2. The lowest BCUT2D eigenvalue weighted by atomic mass is 10.1. The maximum absolute atomic E-state index is 12.2. The number of carbonyl (C=O) groups is 1. The summed E-state index contributed by atoms with van der Waals surface area (Å²) in [5.41, 5.74) is 5.72. The van der Waals surface area contributed by atoms with E-state index in [4.69, 9.17) is 11.6 Å². The van der Waals surface area contributed by atoms with Crippen LogP contribution in [0.15, 0.2) is 53.6 Å². The summed E-state index contributed by atoms with van der Waals surface area (Å²) in [5, 5.41) is 4.75. The average molecular weight is 344 g/mol. The summed E-state index contributed by atoms with van der Waals surface area (Å²) in [5.74, 6) is -0.243. The van der Waals surface area contributed by atoms with Gasteiger partial charge in [-0.1, -0.05) is 29.8 Å². The SMILES string of the molecule is CCN(CC)c1ccc(C(=O)NN=C(C)c2ccccc2Cl)cc1. The van der Waals surface area contributed by atoms with E-state index in [1.807, 2.05) is 49.4 Å². The van der Waals surface area contributed by atoms with Gasteiger partial charge < -0.3 is 4.90 Å². The van der Waals surface area contributed by atoms with Crippen molar-refractivity contribution in [3.63, 3.8) is 0 Å². The van der Waals surface area contributed by atoms with Crippen LogP contribution in [-0.2, 0) is 0 Å². The Labute approximate surface area is 148 Å². The topological polar surface area (TPSA) is 44.7 Å². The molecule has 4 nitrogen and oxygen atoms in total. The average Bonchev–Trinajstić information content (AvgIpc) is 2.61. The zero-order valence-electron chi connectivity index (χ0n) is 14.2. The van der Waals surface area contributed by atoms with Crippen LogP contribution < -0.4 is 10.3 Å². The number of halogens is 1. The molecule has 2 rings (SSSR count). The van der Waals surface area contributed by atoms with Crippen LogP contribution in [0, 0.1) is 0 Å². The number of hydrogen-bond acceptors (Lipinski definition) is 3. The van der Waals surface area contributed by atoms with Crippen molar-refractivity contribution in [2.75, 3.05) is 18.0 Å². The Morgan fingerprint density at radius 2 is 1.71 bits per heavy atom. The summed E-state index contributed by atoms with van der Waals surface area (Å²) in [6.45, 7) is 7.89. The van der Waals surface area contributed by atoms with Gasteiger partial charge in [0.25, 0.3) is 5.91 Å². The molecule has 0 saturated heterocycles. The number of carbonyl (C=O) groups excluding carboxylic acids is 1. The van der Waals surface area contributed by atoms with Crippen molar-refractivity contribution < 1.29 is 4.79 Å². The van der Waals surface area contributed by atoms with Crippen molar-refractivity contribution in [1.29, 1.82) is 0 Å². The molecule has 5 heteroatoms. The largest absolute Gasteiger partial charge is 0.372 e. The molecule has 0 radical (unpaired) electrons. The third-order valence-corrected chi connectivity index (χ3v) is 4.18. The van der Waals surface area contributed by atoms with Crippen molar-refractivity contribution in [2.45, 2.75) is 20.8 Å². The zero-order valence-corrected chi connectivity index (χ0v) is 15.0. The quantitative estimate of drug-likeness (QED) is 0.626. The second-order valence-electron chi connectivity index (χ2n) is 5.34. The molecule has 0 atom stereocenters. The molecule has 1 amide bonds. The molecule has 0 fully saturated rings. The van der Waals surface area contributed by atoms with Crippen molar-refractivity contribution >= 4 is 28.9 Å². The second kappa shape index (κ2) is 8.50. The van der Waals surface area contributed by atoms with Gasteiger partial charge in [0.2, 0.25) is 0 Å². The van der Waals surface area contributed by atoms with Gasteiger partial charge in [-0.2, -0.15) is 5.10 Å². The van der Waals surface area contributed by atoms with E-state index < -0.39 is 0 Å². The molecule has 24 heavy (non-hydrogen) atoms. The number of nitrogens with zero attached hydrogens (tertiary/aromatic N) is 2. The van der Waals surface area contributed by atoms with Crippen LogP contribution in [0.2, 0.25) is 5.02 Å². The highest BCUT2D eigenvalue weighted by Crippen LogP contribution is 2.16. The zero-order chi connectivity index (χ0) is 17.5. The molecular formula is C19H22ClN3O. The van der Waals surface area contributed by atoms with Crippen molar-refractivity contribution in [3.05, 3.63) is 64.7 Å². The third kappa shape index (κ3) is 4.36. The molecular weight excluding hydrogens is 322 g/mol. The monoisotopic (exact) mass is 343 g/mol. The molecule has 0 spiro atoms. The smallest absolute Gasteiger partial charge is 0.271 e. The Balaban J connectivity index is 2.07. The predicted molar refractivity (Wildman–Crippen MR) is 101 cm³/mol. The van der Waals surface area contributed by atoms with Gasteiger partial charge in [-0.05, 0) is 51.1 Å². The standard InChI is InChI=1S/C19H22ClN3O/c1-4-23(5-2)16-12-10-15(11-13-16)19(24)22-21-14(3)17-8-6-7-9-18(17)20/h6-13H,4-5H2,1-3H3,(H,22,24). The van der Waals surface area contributed by atoms with E-state index in [1.54, 1.807) is 6.07 Å². The predicted octanol–water partition coefficient (Wildman–Crippen LogP) is 4.34. The summed E-state index contributed by atoms with van der Waals surface area (Å²) in [6, 6.07) is 14.9. The van der Waals surface area contributed by atoms with Gasteiger partial charge in [0.15, 0.2) is 0 Å². The van der Waals surface area contributed by atoms with Crippen LogP contribution in [0.3, 0.4) is 0 Å². The van der Waals surface area contributed by atoms with E-state index >= 15 is 0 Å². The highest BCUT2D eigenvalue weighted by Gasteiger charge is 2.08. The number of rotatable bonds is 6. The fourth-order valence-corrected chi connectivity index (χ4v) is 2.70. The van der Waals surface area contributed by atoms with Crippen molar-refractivity contribution in [2.24, 2.45) is 5.10 Å². The minimum atomic E-state index is -0.243. The van der Waals surface area contributed by atoms with E-state index in [0.29, 0.717) is 16.3 Å². The molecule has 0 heterocycles. The number of hydrazone groups is 1. The van der Waals surface area contributed by atoms with Crippen LogP contribution >= 0.6 is 11.6 Å². The van der Waals surface area contributed by atoms with Crippen LogP contribution in [0.4, 0.5) is 5.69 Å². The van der Waals surface area contributed by atoms with Crippen LogP contribution in [-0.4, -0.2) is 24.7 Å². The lowest BCUT2D eigenvalue weighted by Crippen LogP contribution is -2.22. The third-order valence-electron chi connectivity index (χ3n) is 3.85. The number of benzene rings is 2. The van der Waals surface area contributed by atoms with Gasteiger partial charge in [0.05, 0.1) is 5.71 Å². The van der Waals surface area contributed by atoms with Gasteiger partial charge in [0, 0.05) is 34.9 Å². The van der Waals surface area contributed by atoms with E-state index in [9.17, 15) is 4.79 Å². The molecule has 2 aromatic rings. The minimum Gasteiger partial charge on any atom is -0.372 e. The Hall–Kier alpha value is -2.33. The molecule has 126 valence electrons. The van der Waals surface area contributed by atoms with Gasteiger partial charge in [-0.15, -0.1) is 0 Å². The second-order valence-corrected chi connectivity index (χ2v) is 5.74. The summed E-state index contributed by atoms with van der Waals surface area (Å²) in [4.78, 5) is 14.4. The molecule has 0 aliphatic heterocycles. The summed E-state index contributed by atoms with van der Waals surface area (Å²) in [7, 11) is 0. The van der Waals surface area contributed by atoms with Crippen LogP contribution in [0.1, 0.15) is 36.7 Å². The van der Waals surface area contributed by atoms with Crippen LogP contribution in [0.5, 0.6) is 0 Å². The number of anilines is 1. The Bertz CT molecular complexity index is 722. The van der Waals surface area contributed by atoms with Gasteiger partial charge in [0.1, 0.15) is 0 Å². The fraction of sp³-hybridized carbons (Fsp3) is 0.263. The number of nitrogens with one attached hydrogen (secondary N) is 1. The van der Waals surface area contributed by atoms with E-state index in [2.05, 4.69) is 29.3 Å².